The van der Waals surface area contributed by atoms with Crippen LogP contribution in [0.1, 0.15) is 28.8 Å². The molecule has 0 spiro atoms. The molecule has 1 aromatic carbocycles. The number of carbonyl (C=O) groups excluding carboxylic acids is 1. The van der Waals surface area contributed by atoms with Gasteiger partial charge in [0.15, 0.2) is 5.96 Å². The summed E-state index contributed by atoms with van der Waals surface area (Å²) in [7, 11) is 0. The molecule has 1 aromatic rings. The number of piperidine rings is 1. The van der Waals surface area contributed by atoms with Gasteiger partial charge in [-0.3, -0.25) is 4.79 Å². The van der Waals surface area contributed by atoms with Gasteiger partial charge in [0.05, 0.1) is 0 Å². The number of aryl methyl sites for hydroxylation is 1. The molecule has 0 unspecified atom stereocenters. The highest BCUT2D eigenvalue weighted by Crippen LogP contribution is 2.31. The fourth-order valence-electron chi connectivity index (χ4n) is 2.19. The van der Waals surface area contributed by atoms with Crippen LogP contribution in [0.3, 0.4) is 0 Å². The highest BCUT2D eigenvalue weighted by molar-refractivity contribution is 8.00. The van der Waals surface area contributed by atoms with Gasteiger partial charge in [0.2, 0.25) is 0 Å². The minimum atomic E-state index is -0.397. The molecule has 1 fully saturated rings. The molecule has 2 rings (SSSR count). The number of rotatable bonds is 3. The van der Waals surface area contributed by atoms with Crippen LogP contribution in [0.4, 0.5) is 0 Å². The largest absolute Gasteiger partial charge is 0.370 e. The predicted octanol–water partition coefficient (Wildman–Crippen LogP) is 1.25. The first kappa shape index (κ1) is 14.9. The molecule has 1 aliphatic rings. The molecule has 0 saturated carbocycles. The van der Waals surface area contributed by atoms with Gasteiger partial charge >= 0.3 is 0 Å². The number of nitrogens with one attached hydrogen (secondary N) is 1. The maximum Gasteiger partial charge on any atom is 0.280 e. The van der Waals surface area contributed by atoms with Gasteiger partial charge in [-0.1, -0.05) is 0 Å². The second kappa shape index (κ2) is 6.76. The van der Waals surface area contributed by atoms with Gasteiger partial charge in [-0.15, -0.1) is 11.8 Å². The Hall–Kier alpha value is -1.53. The van der Waals surface area contributed by atoms with Crippen LogP contribution < -0.4 is 16.8 Å². The van der Waals surface area contributed by atoms with E-state index in [4.69, 9.17) is 11.5 Å². The van der Waals surface area contributed by atoms with E-state index in [1.165, 1.54) is 17.7 Å². The zero-order valence-electron chi connectivity index (χ0n) is 11.6. The van der Waals surface area contributed by atoms with Crippen LogP contribution in [0.5, 0.6) is 0 Å². The van der Waals surface area contributed by atoms with Crippen LogP contribution >= 0.6 is 11.8 Å². The molecule has 1 saturated heterocycles. The minimum Gasteiger partial charge on any atom is -0.370 e. The summed E-state index contributed by atoms with van der Waals surface area (Å²) in [5, 5.41) is 4.01. The molecular weight excluding hydrogens is 272 g/mol. The second-order valence-electron chi connectivity index (χ2n) is 4.89. The molecule has 0 aromatic heterocycles. The van der Waals surface area contributed by atoms with Gasteiger partial charge in [0.25, 0.3) is 5.91 Å². The smallest absolute Gasteiger partial charge is 0.280 e. The molecule has 20 heavy (non-hydrogen) atoms. The van der Waals surface area contributed by atoms with Crippen molar-refractivity contribution in [1.29, 1.82) is 0 Å². The third-order valence-corrected chi connectivity index (χ3v) is 4.75. The number of carbonyl (C=O) groups is 1. The summed E-state index contributed by atoms with van der Waals surface area (Å²) in [6, 6.07) is 5.61. The topological polar surface area (TPSA) is 93.5 Å². The molecule has 0 bridgehead atoms. The van der Waals surface area contributed by atoms with Crippen molar-refractivity contribution >= 4 is 23.6 Å². The molecule has 5 nitrogen and oxygen atoms in total. The Labute approximate surface area is 123 Å². The second-order valence-corrected chi connectivity index (χ2v) is 6.23. The Bertz CT molecular complexity index is 520. The van der Waals surface area contributed by atoms with Gasteiger partial charge < -0.3 is 16.8 Å². The summed E-state index contributed by atoms with van der Waals surface area (Å²) in [5.74, 6) is -0.604. The van der Waals surface area contributed by atoms with E-state index in [0.717, 1.165) is 18.7 Å². The summed E-state index contributed by atoms with van der Waals surface area (Å²) in [6.07, 6.45) is 2.36. The Morgan fingerprint density at radius 1 is 1.35 bits per heavy atom. The van der Waals surface area contributed by atoms with Crippen molar-refractivity contribution in [2.45, 2.75) is 29.9 Å². The fraction of sp³-hybridized carbons (Fsp3) is 0.429. The first-order valence-corrected chi connectivity index (χ1v) is 7.56. The van der Waals surface area contributed by atoms with E-state index in [1.54, 1.807) is 6.07 Å². The molecule has 1 aliphatic heterocycles. The molecule has 0 radical (unpaired) electrons. The van der Waals surface area contributed by atoms with Crippen LogP contribution in [0.15, 0.2) is 28.1 Å². The number of nitrogens with zero attached hydrogens (tertiary/aromatic N) is 1. The minimum absolute atomic E-state index is 0.208. The number of guanidine groups is 1. The van der Waals surface area contributed by atoms with E-state index in [-0.39, 0.29) is 5.96 Å². The number of nitrogens with two attached hydrogens (primary N) is 2. The maximum atomic E-state index is 11.7. The van der Waals surface area contributed by atoms with E-state index in [0.29, 0.717) is 10.8 Å². The van der Waals surface area contributed by atoms with Crippen LogP contribution in [0.25, 0.3) is 0 Å². The predicted molar refractivity (Wildman–Crippen MR) is 83.1 cm³/mol. The number of aliphatic imine (C=N–C) groups is 1. The number of hydrogen-bond donors (Lipinski definition) is 3. The fourth-order valence-corrected chi connectivity index (χ4v) is 3.41. The van der Waals surface area contributed by atoms with Crippen LogP contribution in [-0.2, 0) is 0 Å². The van der Waals surface area contributed by atoms with E-state index in [2.05, 4.69) is 10.3 Å². The average Bonchev–Trinajstić information content (AvgIpc) is 2.41. The highest BCUT2D eigenvalue weighted by Gasteiger charge is 2.16. The average molecular weight is 292 g/mol. The Morgan fingerprint density at radius 3 is 2.65 bits per heavy atom. The van der Waals surface area contributed by atoms with Crippen molar-refractivity contribution in [2.24, 2.45) is 16.5 Å². The summed E-state index contributed by atoms with van der Waals surface area (Å²) in [4.78, 5) is 16.5. The number of benzene rings is 1. The van der Waals surface area contributed by atoms with E-state index in [1.807, 2.05) is 30.8 Å². The standard InChI is InChI=1S/C14H20N4OS/c1-9-8-10(13(19)18-14(15)16)2-3-12(9)20-11-4-6-17-7-5-11/h2-3,8,11,17H,4-7H2,1H3,(H4,15,16,18,19). The molecule has 0 aliphatic carbocycles. The molecule has 1 heterocycles. The molecule has 5 N–H and O–H groups in total. The van der Waals surface area contributed by atoms with Crippen molar-refractivity contribution in [2.75, 3.05) is 13.1 Å². The maximum absolute atomic E-state index is 11.7. The van der Waals surface area contributed by atoms with Crippen molar-refractivity contribution < 1.29 is 4.79 Å². The lowest BCUT2D eigenvalue weighted by molar-refractivity contribution is 0.100. The van der Waals surface area contributed by atoms with E-state index >= 15 is 0 Å². The van der Waals surface area contributed by atoms with Gasteiger partial charge in [-0.05, 0) is 56.6 Å². The lowest BCUT2D eigenvalue weighted by Gasteiger charge is -2.22. The van der Waals surface area contributed by atoms with Gasteiger partial charge in [0, 0.05) is 15.7 Å². The van der Waals surface area contributed by atoms with Crippen molar-refractivity contribution in [1.82, 2.24) is 5.32 Å². The summed E-state index contributed by atoms with van der Waals surface area (Å²) < 4.78 is 0. The van der Waals surface area contributed by atoms with Gasteiger partial charge in [-0.25, -0.2) is 0 Å². The zero-order valence-corrected chi connectivity index (χ0v) is 12.4. The first-order valence-electron chi connectivity index (χ1n) is 6.68. The van der Waals surface area contributed by atoms with Gasteiger partial charge in [0.1, 0.15) is 0 Å². The molecule has 0 atom stereocenters. The lowest BCUT2D eigenvalue weighted by atomic mass is 10.1. The number of hydrogen-bond acceptors (Lipinski definition) is 3. The van der Waals surface area contributed by atoms with Crippen LogP contribution in [-0.4, -0.2) is 30.2 Å². The summed E-state index contributed by atoms with van der Waals surface area (Å²) in [5.41, 5.74) is 12.0. The Morgan fingerprint density at radius 2 is 2.05 bits per heavy atom. The zero-order chi connectivity index (χ0) is 14.5. The Balaban J connectivity index is 2.09. The number of amides is 1. The highest BCUT2D eigenvalue weighted by atomic mass is 32.2. The van der Waals surface area contributed by atoms with Crippen LogP contribution in [0, 0.1) is 6.92 Å². The van der Waals surface area contributed by atoms with E-state index in [9.17, 15) is 4.79 Å². The third kappa shape index (κ3) is 3.98. The third-order valence-electron chi connectivity index (χ3n) is 3.23. The first-order chi connectivity index (χ1) is 9.56. The Kier molecular flexibility index (Phi) is 5.03. The van der Waals surface area contributed by atoms with Crippen molar-refractivity contribution in [3.05, 3.63) is 29.3 Å². The van der Waals surface area contributed by atoms with Crippen molar-refractivity contribution in [3.8, 4) is 0 Å². The quantitative estimate of drug-likeness (QED) is 0.576. The molecule has 6 heteroatoms. The monoisotopic (exact) mass is 292 g/mol. The van der Waals surface area contributed by atoms with Crippen molar-refractivity contribution in [3.63, 3.8) is 0 Å². The SMILES string of the molecule is Cc1cc(C(=O)N=C(N)N)ccc1SC1CCNCC1. The lowest BCUT2D eigenvalue weighted by Crippen LogP contribution is -2.29. The normalized spacial score (nSPS) is 15.8. The molecular formula is C14H20N4OS. The van der Waals surface area contributed by atoms with E-state index < -0.39 is 5.91 Å². The molecule has 1 amide bonds. The van der Waals surface area contributed by atoms with Gasteiger partial charge in [-0.2, -0.15) is 4.99 Å². The number of thioether (sulfide) groups is 1. The van der Waals surface area contributed by atoms with Crippen LogP contribution in [0.2, 0.25) is 0 Å². The summed E-state index contributed by atoms with van der Waals surface area (Å²) in [6.45, 7) is 4.17. The summed E-state index contributed by atoms with van der Waals surface area (Å²) >= 11 is 1.89. The molecule has 108 valence electrons.